The first kappa shape index (κ1) is 15.4. The molecule has 2 rings (SSSR count). The minimum absolute atomic E-state index is 0.625. The molecule has 0 fully saturated rings. The minimum Gasteiger partial charge on any atom is -0.490 e. The average molecular weight is 285 g/mol. The van der Waals surface area contributed by atoms with Crippen LogP contribution in [-0.4, -0.2) is 13.2 Å². The SMILES string of the molecule is CCNCc1ccc(C)c(Oc2ccccc2OCC)c1. The van der Waals surface area contributed by atoms with Crippen molar-refractivity contribution in [3.63, 3.8) is 0 Å². The molecule has 0 aromatic heterocycles. The number of benzene rings is 2. The van der Waals surface area contributed by atoms with Gasteiger partial charge in [0.25, 0.3) is 0 Å². The molecule has 3 heteroatoms. The Labute approximate surface area is 126 Å². The van der Waals surface area contributed by atoms with Crippen LogP contribution in [0.1, 0.15) is 25.0 Å². The predicted octanol–water partition coefficient (Wildman–Crippen LogP) is 4.30. The van der Waals surface area contributed by atoms with E-state index in [-0.39, 0.29) is 0 Å². The zero-order chi connectivity index (χ0) is 15.1. The summed E-state index contributed by atoms with van der Waals surface area (Å²) in [6, 6.07) is 14.1. The number of nitrogens with one attached hydrogen (secondary N) is 1. The van der Waals surface area contributed by atoms with Crippen molar-refractivity contribution < 1.29 is 9.47 Å². The predicted molar refractivity (Wildman–Crippen MR) is 86.2 cm³/mol. The van der Waals surface area contributed by atoms with Crippen molar-refractivity contribution in [3.8, 4) is 17.2 Å². The second-order valence-electron chi connectivity index (χ2n) is 4.86. The Morgan fingerprint density at radius 1 is 0.952 bits per heavy atom. The molecule has 0 bridgehead atoms. The normalized spacial score (nSPS) is 10.4. The van der Waals surface area contributed by atoms with Crippen LogP contribution in [0.5, 0.6) is 17.2 Å². The molecule has 0 heterocycles. The first-order valence-corrected chi connectivity index (χ1v) is 7.44. The highest BCUT2D eigenvalue weighted by molar-refractivity contribution is 5.45. The summed E-state index contributed by atoms with van der Waals surface area (Å²) < 4.78 is 11.7. The summed E-state index contributed by atoms with van der Waals surface area (Å²) in [5, 5.41) is 3.33. The van der Waals surface area contributed by atoms with Gasteiger partial charge >= 0.3 is 0 Å². The molecule has 0 radical (unpaired) electrons. The number of ether oxygens (including phenoxy) is 2. The first-order valence-electron chi connectivity index (χ1n) is 7.44. The van der Waals surface area contributed by atoms with Gasteiger partial charge in [-0.05, 0) is 49.7 Å². The molecule has 0 aliphatic heterocycles. The van der Waals surface area contributed by atoms with Crippen LogP contribution in [0, 0.1) is 6.92 Å². The lowest BCUT2D eigenvalue weighted by Crippen LogP contribution is -2.11. The molecule has 1 N–H and O–H groups in total. The monoisotopic (exact) mass is 285 g/mol. The van der Waals surface area contributed by atoms with E-state index in [1.807, 2.05) is 31.2 Å². The molecule has 0 spiro atoms. The molecule has 112 valence electrons. The molecule has 0 atom stereocenters. The Kier molecular flexibility index (Phi) is 5.64. The maximum Gasteiger partial charge on any atom is 0.169 e. The van der Waals surface area contributed by atoms with Crippen LogP contribution >= 0.6 is 0 Å². The van der Waals surface area contributed by atoms with Crippen LogP contribution < -0.4 is 14.8 Å². The summed E-state index contributed by atoms with van der Waals surface area (Å²) in [6.45, 7) is 8.55. The molecular weight excluding hydrogens is 262 g/mol. The van der Waals surface area contributed by atoms with Gasteiger partial charge in [0.15, 0.2) is 11.5 Å². The Hall–Kier alpha value is -2.00. The van der Waals surface area contributed by atoms with Gasteiger partial charge in [0.2, 0.25) is 0 Å². The number of rotatable bonds is 7. The Morgan fingerprint density at radius 2 is 1.71 bits per heavy atom. The molecule has 0 aliphatic rings. The van der Waals surface area contributed by atoms with Crippen LogP contribution in [0.25, 0.3) is 0 Å². The van der Waals surface area contributed by atoms with Gasteiger partial charge in [-0.2, -0.15) is 0 Å². The first-order chi connectivity index (χ1) is 10.2. The Balaban J connectivity index is 2.22. The van der Waals surface area contributed by atoms with Gasteiger partial charge in [-0.1, -0.05) is 31.2 Å². The van der Waals surface area contributed by atoms with Crippen LogP contribution in [-0.2, 0) is 6.54 Å². The van der Waals surface area contributed by atoms with E-state index >= 15 is 0 Å². The lowest BCUT2D eigenvalue weighted by Gasteiger charge is -2.14. The fourth-order valence-corrected chi connectivity index (χ4v) is 2.06. The van der Waals surface area contributed by atoms with Gasteiger partial charge in [0.1, 0.15) is 5.75 Å². The molecule has 0 aliphatic carbocycles. The van der Waals surface area contributed by atoms with Crippen molar-refractivity contribution in [1.82, 2.24) is 5.32 Å². The van der Waals surface area contributed by atoms with E-state index in [1.165, 1.54) is 5.56 Å². The molecule has 2 aromatic carbocycles. The zero-order valence-corrected chi connectivity index (χ0v) is 13.0. The number of para-hydroxylation sites is 2. The van der Waals surface area contributed by atoms with E-state index < -0.39 is 0 Å². The summed E-state index contributed by atoms with van der Waals surface area (Å²) in [4.78, 5) is 0. The minimum atomic E-state index is 0.625. The van der Waals surface area contributed by atoms with E-state index in [2.05, 4.69) is 37.4 Å². The third-order valence-corrected chi connectivity index (χ3v) is 3.20. The summed E-state index contributed by atoms with van der Waals surface area (Å²) in [6.07, 6.45) is 0. The molecule has 0 amide bonds. The van der Waals surface area contributed by atoms with Gasteiger partial charge in [-0.15, -0.1) is 0 Å². The van der Waals surface area contributed by atoms with Crippen LogP contribution in [0.3, 0.4) is 0 Å². The molecule has 21 heavy (non-hydrogen) atoms. The van der Waals surface area contributed by atoms with Crippen molar-refractivity contribution in [1.29, 1.82) is 0 Å². The lowest BCUT2D eigenvalue weighted by molar-refractivity contribution is 0.321. The van der Waals surface area contributed by atoms with Gasteiger partial charge in [-0.25, -0.2) is 0 Å². The quantitative estimate of drug-likeness (QED) is 0.823. The highest BCUT2D eigenvalue weighted by atomic mass is 16.5. The smallest absolute Gasteiger partial charge is 0.169 e. The zero-order valence-electron chi connectivity index (χ0n) is 13.0. The molecule has 2 aromatic rings. The molecule has 3 nitrogen and oxygen atoms in total. The third kappa shape index (κ3) is 4.23. The van der Waals surface area contributed by atoms with Crippen molar-refractivity contribution in [2.24, 2.45) is 0 Å². The topological polar surface area (TPSA) is 30.5 Å². The molecule has 0 saturated carbocycles. The van der Waals surface area contributed by atoms with Crippen molar-refractivity contribution in [3.05, 3.63) is 53.6 Å². The Bertz CT molecular complexity index is 581. The van der Waals surface area contributed by atoms with Crippen LogP contribution in [0.2, 0.25) is 0 Å². The maximum atomic E-state index is 6.06. The number of hydrogen-bond donors (Lipinski definition) is 1. The summed E-state index contributed by atoms with van der Waals surface area (Å²) in [7, 11) is 0. The van der Waals surface area contributed by atoms with Crippen LogP contribution in [0.4, 0.5) is 0 Å². The molecule has 0 saturated heterocycles. The standard InChI is InChI=1S/C18H23NO2/c1-4-19-13-15-11-10-14(3)18(12-15)21-17-9-7-6-8-16(17)20-5-2/h6-12,19H,4-5,13H2,1-3H3. The largest absolute Gasteiger partial charge is 0.490 e. The van der Waals surface area contributed by atoms with Crippen LogP contribution in [0.15, 0.2) is 42.5 Å². The van der Waals surface area contributed by atoms with Crippen molar-refractivity contribution in [2.45, 2.75) is 27.3 Å². The number of aryl methyl sites for hydroxylation is 1. The Morgan fingerprint density at radius 3 is 2.43 bits per heavy atom. The summed E-state index contributed by atoms with van der Waals surface area (Å²) >= 11 is 0. The average Bonchev–Trinajstić information content (AvgIpc) is 2.50. The fraction of sp³-hybridized carbons (Fsp3) is 0.333. The summed E-state index contributed by atoms with van der Waals surface area (Å²) in [5.41, 5.74) is 2.33. The molecule has 0 unspecified atom stereocenters. The maximum absolute atomic E-state index is 6.06. The second-order valence-corrected chi connectivity index (χ2v) is 4.86. The van der Waals surface area contributed by atoms with Gasteiger partial charge in [0, 0.05) is 6.54 Å². The third-order valence-electron chi connectivity index (χ3n) is 3.20. The van der Waals surface area contributed by atoms with Crippen molar-refractivity contribution in [2.75, 3.05) is 13.2 Å². The lowest BCUT2D eigenvalue weighted by atomic mass is 10.1. The molecular formula is C18H23NO2. The van der Waals surface area contributed by atoms with E-state index in [1.54, 1.807) is 0 Å². The number of hydrogen-bond acceptors (Lipinski definition) is 3. The van der Waals surface area contributed by atoms with Crippen molar-refractivity contribution >= 4 is 0 Å². The second kappa shape index (κ2) is 7.70. The van der Waals surface area contributed by atoms with E-state index in [0.717, 1.165) is 35.9 Å². The summed E-state index contributed by atoms with van der Waals surface area (Å²) in [5.74, 6) is 2.40. The highest BCUT2D eigenvalue weighted by Gasteiger charge is 2.08. The van der Waals surface area contributed by atoms with Gasteiger partial charge in [0.05, 0.1) is 6.61 Å². The van der Waals surface area contributed by atoms with Gasteiger partial charge in [-0.3, -0.25) is 0 Å². The van der Waals surface area contributed by atoms with Gasteiger partial charge < -0.3 is 14.8 Å². The van der Waals surface area contributed by atoms with E-state index in [9.17, 15) is 0 Å². The highest BCUT2D eigenvalue weighted by Crippen LogP contribution is 2.33. The fourth-order valence-electron chi connectivity index (χ4n) is 2.06. The van der Waals surface area contributed by atoms with E-state index in [0.29, 0.717) is 6.61 Å². The van der Waals surface area contributed by atoms with E-state index in [4.69, 9.17) is 9.47 Å².